The van der Waals surface area contributed by atoms with Crippen LogP contribution >= 0.6 is 0 Å². The molecule has 1 amide bonds. The van der Waals surface area contributed by atoms with Crippen molar-refractivity contribution in [2.45, 2.75) is 39.2 Å². The van der Waals surface area contributed by atoms with Crippen LogP contribution < -0.4 is 11.5 Å². The number of likely N-dealkylation sites (tertiary alicyclic amines) is 1. The molecule has 4 nitrogen and oxygen atoms in total. The van der Waals surface area contributed by atoms with Gasteiger partial charge in [-0.25, -0.2) is 0 Å². The Labute approximate surface area is 98.3 Å². The lowest BCUT2D eigenvalue weighted by atomic mass is 9.84. The fourth-order valence-corrected chi connectivity index (χ4v) is 2.64. The molecule has 0 radical (unpaired) electrons. The Morgan fingerprint density at radius 1 is 1.44 bits per heavy atom. The van der Waals surface area contributed by atoms with Gasteiger partial charge in [0, 0.05) is 12.6 Å². The quantitative estimate of drug-likeness (QED) is 0.737. The van der Waals surface area contributed by atoms with Crippen molar-refractivity contribution in [3.63, 3.8) is 0 Å². The van der Waals surface area contributed by atoms with E-state index in [2.05, 4.69) is 13.8 Å². The molecule has 0 aromatic heterocycles. The van der Waals surface area contributed by atoms with Crippen molar-refractivity contribution in [3.8, 4) is 0 Å². The van der Waals surface area contributed by atoms with Gasteiger partial charge in [0.05, 0.1) is 6.54 Å². The van der Waals surface area contributed by atoms with Crippen molar-refractivity contribution < 1.29 is 4.79 Å². The monoisotopic (exact) mass is 227 g/mol. The Morgan fingerprint density at radius 3 is 2.62 bits per heavy atom. The van der Waals surface area contributed by atoms with Crippen molar-refractivity contribution >= 4 is 5.91 Å². The van der Waals surface area contributed by atoms with Gasteiger partial charge in [-0.15, -0.1) is 0 Å². The van der Waals surface area contributed by atoms with Gasteiger partial charge in [-0.05, 0) is 37.6 Å². The molecule has 16 heavy (non-hydrogen) atoms. The van der Waals surface area contributed by atoms with E-state index in [0.29, 0.717) is 24.4 Å². The Kier molecular flexibility index (Phi) is 5.22. The standard InChI is InChI=1S/C12H25N3O/c1-9(2)6-11-10(7-13)4-3-5-15(11)12(16)8-14/h9-11H,3-8,13-14H2,1-2H3/t10-,11-/m1/s1. The van der Waals surface area contributed by atoms with Crippen molar-refractivity contribution in [2.24, 2.45) is 23.3 Å². The largest absolute Gasteiger partial charge is 0.338 e. The van der Waals surface area contributed by atoms with E-state index in [4.69, 9.17) is 11.5 Å². The minimum Gasteiger partial charge on any atom is -0.338 e. The van der Waals surface area contributed by atoms with Gasteiger partial charge in [-0.2, -0.15) is 0 Å². The zero-order chi connectivity index (χ0) is 12.1. The Balaban J connectivity index is 2.74. The fourth-order valence-electron chi connectivity index (χ4n) is 2.64. The summed E-state index contributed by atoms with van der Waals surface area (Å²) in [5, 5.41) is 0. The second kappa shape index (κ2) is 6.21. The average molecular weight is 227 g/mol. The number of hydrogen-bond acceptors (Lipinski definition) is 3. The van der Waals surface area contributed by atoms with Crippen molar-refractivity contribution in [1.82, 2.24) is 4.90 Å². The van der Waals surface area contributed by atoms with E-state index < -0.39 is 0 Å². The molecule has 0 aliphatic carbocycles. The molecule has 1 heterocycles. The summed E-state index contributed by atoms with van der Waals surface area (Å²) in [4.78, 5) is 13.7. The van der Waals surface area contributed by atoms with Crippen LogP contribution in [-0.2, 0) is 4.79 Å². The van der Waals surface area contributed by atoms with Gasteiger partial charge in [0.25, 0.3) is 0 Å². The van der Waals surface area contributed by atoms with Crippen LogP contribution in [0.5, 0.6) is 0 Å². The number of hydrogen-bond donors (Lipinski definition) is 2. The molecular formula is C12H25N3O. The normalized spacial score (nSPS) is 26.2. The lowest BCUT2D eigenvalue weighted by molar-refractivity contribution is -0.135. The summed E-state index contributed by atoms with van der Waals surface area (Å²) in [5.74, 6) is 1.11. The molecule has 0 bridgehead atoms. The summed E-state index contributed by atoms with van der Waals surface area (Å²) in [5.41, 5.74) is 11.3. The molecule has 1 aliphatic heterocycles. The molecular weight excluding hydrogens is 202 g/mol. The molecule has 1 aliphatic rings. The summed E-state index contributed by atoms with van der Waals surface area (Å²) in [6.07, 6.45) is 3.23. The van der Waals surface area contributed by atoms with E-state index in [0.717, 1.165) is 25.8 Å². The van der Waals surface area contributed by atoms with E-state index in [-0.39, 0.29) is 12.5 Å². The summed E-state index contributed by atoms with van der Waals surface area (Å²) >= 11 is 0. The first-order valence-corrected chi connectivity index (χ1v) is 6.29. The number of piperidine rings is 1. The highest BCUT2D eigenvalue weighted by molar-refractivity contribution is 5.78. The number of amides is 1. The molecule has 1 rings (SSSR count). The highest BCUT2D eigenvalue weighted by Crippen LogP contribution is 2.27. The maximum Gasteiger partial charge on any atom is 0.236 e. The molecule has 4 N–H and O–H groups in total. The second-order valence-corrected chi connectivity index (χ2v) is 5.13. The van der Waals surface area contributed by atoms with Gasteiger partial charge in [0.1, 0.15) is 0 Å². The van der Waals surface area contributed by atoms with E-state index in [1.807, 2.05) is 4.90 Å². The predicted molar refractivity (Wildman–Crippen MR) is 65.8 cm³/mol. The number of carbonyl (C=O) groups excluding carboxylic acids is 1. The summed E-state index contributed by atoms with van der Waals surface area (Å²) < 4.78 is 0. The third-order valence-corrected chi connectivity index (χ3v) is 3.43. The zero-order valence-corrected chi connectivity index (χ0v) is 10.5. The third-order valence-electron chi connectivity index (χ3n) is 3.43. The van der Waals surface area contributed by atoms with E-state index in [1.165, 1.54) is 0 Å². The van der Waals surface area contributed by atoms with Crippen LogP contribution in [0.1, 0.15) is 33.1 Å². The molecule has 94 valence electrons. The van der Waals surface area contributed by atoms with Crippen LogP contribution in [0.15, 0.2) is 0 Å². The Morgan fingerprint density at radius 2 is 2.12 bits per heavy atom. The van der Waals surface area contributed by atoms with Gasteiger partial charge >= 0.3 is 0 Å². The van der Waals surface area contributed by atoms with E-state index in [1.54, 1.807) is 0 Å². The lowest BCUT2D eigenvalue weighted by Crippen LogP contribution is -2.52. The average Bonchev–Trinajstić information content (AvgIpc) is 2.27. The molecule has 1 saturated heterocycles. The maximum atomic E-state index is 11.8. The summed E-state index contributed by atoms with van der Waals surface area (Å²) in [6.45, 7) is 6.02. The van der Waals surface area contributed by atoms with Crippen LogP contribution in [0.2, 0.25) is 0 Å². The minimum atomic E-state index is 0.0730. The lowest BCUT2D eigenvalue weighted by Gasteiger charge is -2.42. The minimum absolute atomic E-state index is 0.0730. The van der Waals surface area contributed by atoms with Crippen LogP contribution in [0, 0.1) is 11.8 Å². The van der Waals surface area contributed by atoms with Gasteiger partial charge in [0.2, 0.25) is 5.91 Å². The van der Waals surface area contributed by atoms with E-state index >= 15 is 0 Å². The van der Waals surface area contributed by atoms with Crippen molar-refractivity contribution in [2.75, 3.05) is 19.6 Å². The number of nitrogens with two attached hydrogens (primary N) is 2. The molecule has 0 spiro atoms. The topological polar surface area (TPSA) is 72.3 Å². The Hall–Kier alpha value is -0.610. The van der Waals surface area contributed by atoms with Gasteiger partial charge < -0.3 is 16.4 Å². The van der Waals surface area contributed by atoms with Crippen molar-refractivity contribution in [1.29, 1.82) is 0 Å². The highest BCUT2D eigenvalue weighted by Gasteiger charge is 2.33. The van der Waals surface area contributed by atoms with Crippen LogP contribution in [0.3, 0.4) is 0 Å². The van der Waals surface area contributed by atoms with E-state index in [9.17, 15) is 4.79 Å². The number of rotatable bonds is 4. The molecule has 0 saturated carbocycles. The van der Waals surface area contributed by atoms with Gasteiger partial charge in [-0.3, -0.25) is 4.79 Å². The summed E-state index contributed by atoms with van der Waals surface area (Å²) in [7, 11) is 0. The Bertz CT molecular complexity index is 230. The molecule has 0 aromatic rings. The first-order valence-electron chi connectivity index (χ1n) is 6.29. The second-order valence-electron chi connectivity index (χ2n) is 5.13. The zero-order valence-electron chi connectivity index (χ0n) is 10.5. The fraction of sp³-hybridized carbons (Fsp3) is 0.917. The first-order chi connectivity index (χ1) is 7.60. The SMILES string of the molecule is CC(C)C[C@@H]1[C@@H](CN)CCCN1C(=O)CN. The predicted octanol–water partition coefficient (Wildman–Crippen LogP) is 0.557. The molecule has 0 unspecified atom stereocenters. The maximum absolute atomic E-state index is 11.8. The van der Waals surface area contributed by atoms with Crippen molar-refractivity contribution in [3.05, 3.63) is 0 Å². The van der Waals surface area contributed by atoms with Crippen LogP contribution in [-0.4, -0.2) is 36.5 Å². The molecule has 0 aromatic carbocycles. The summed E-state index contributed by atoms with van der Waals surface area (Å²) in [6, 6.07) is 0.301. The molecule has 4 heteroatoms. The molecule has 1 fully saturated rings. The highest BCUT2D eigenvalue weighted by atomic mass is 16.2. The third kappa shape index (κ3) is 3.19. The first kappa shape index (κ1) is 13.5. The smallest absolute Gasteiger partial charge is 0.236 e. The number of nitrogens with zero attached hydrogens (tertiary/aromatic N) is 1. The van der Waals surface area contributed by atoms with Gasteiger partial charge in [0.15, 0.2) is 0 Å². The van der Waals surface area contributed by atoms with Gasteiger partial charge in [-0.1, -0.05) is 13.8 Å². The molecule has 2 atom stereocenters. The van der Waals surface area contributed by atoms with Crippen LogP contribution in [0.4, 0.5) is 0 Å². The van der Waals surface area contributed by atoms with Crippen LogP contribution in [0.25, 0.3) is 0 Å². The number of carbonyl (C=O) groups is 1.